The topological polar surface area (TPSA) is 115 Å². The Bertz CT molecular complexity index is 1630. The van der Waals surface area contributed by atoms with E-state index in [-0.39, 0.29) is 12.0 Å². The van der Waals surface area contributed by atoms with E-state index in [0.717, 1.165) is 23.2 Å². The minimum Gasteiger partial charge on any atom is -0.486 e. The molecule has 10 heteroatoms. The molecule has 1 atom stereocenters. The number of carbonyl (C=O) groups is 1. The highest BCUT2D eigenvalue weighted by Crippen LogP contribution is 2.32. The van der Waals surface area contributed by atoms with Crippen molar-refractivity contribution in [3.05, 3.63) is 77.3 Å². The van der Waals surface area contributed by atoms with Gasteiger partial charge in [0, 0.05) is 47.5 Å². The number of benzene rings is 2. The summed E-state index contributed by atoms with van der Waals surface area (Å²) in [7, 11) is 0. The van der Waals surface area contributed by atoms with Crippen LogP contribution in [0.4, 0.5) is 22.0 Å². The average molecular weight is 571 g/mol. The lowest BCUT2D eigenvalue weighted by atomic mass is 10.1. The van der Waals surface area contributed by atoms with Gasteiger partial charge in [-0.05, 0) is 69.7 Å². The van der Waals surface area contributed by atoms with Crippen LogP contribution in [0.5, 0.6) is 5.75 Å². The highest BCUT2D eigenvalue weighted by molar-refractivity contribution is 6.32. The third-order valence-electron chi connectivity index (χ3n) is 6.35. The normalized spacial score (nSPS) is 14.8. The van der Waals surface area contributed by atoms with Crippen molar-refractivity contribution in [2.45, 2.75) is 39.4 Å². The van der Waals surface area contributed by atoms with Crippen molar-refractivity contribution in [3.8, 4) is 17.6 Å². The zero-order chi connectivity index (χ0) is 29.0. The summed E-state index contributed by atoms with van der Waals surface area (Å²) in [5.41, 5.74) is 9.30. The number of likely N-dealkylation sites (tertiary alicyclic amines) is 1. The molecule has 4 aromatic rings. The second-order valence-corrected chi connectivity index (χ2v) is 11.1. The zero-order valence-corrected chi connectivity index (χ0v) is 23.9. The number of nitrogens with two attached hydrogens (primary N) is 1. The molecule has 0 saturated carbocycles. The molecule has 1 fully saturated rings. The van der Waals surface area contributed by atoms with E-state index in [0.29, 0.717) is 53.1 Å². The molecule has 0 radical (unpaired) electrons. The van der Waals surface area contributed by atoms with Gasteiger partial charge in [0.2, 0.25) is 0 Å². The van der Waals surface area contributed by atoms with Crippen LogP contribution in [-0.4, -0.2) is 44.6 Å². The van der Waals surface area contributed by atoms with Gasteiger partial charge in [-0.15, -0.1) is 0 Å². The highest BCUT2D eigenvalue weighted by Gasteiger charge is 2.28. The standard InChI is InChI=1S/C31H31ClN6O3/c1-31(2,3)41-30(39)38-13-11-20(17-38)7-8-21-14-27-24(16-26(21)33)29(36-19-35-27)37-22-9-10-28(25(32)15-22)40-18-23-6-4-5-12-34-23/h4-6,9-10,12,14-16,19-20H,11,13,17-18,33H2,1-3H3,(H,35,36,37)/t20-/m1/s1. The monoisotopic (exact) mass is 570 g/mol. The molecule has 3 heterocycles. The van der Waals surface area contributed by atoms with Gasteiger partial charge in [0.25, 0.3) is 0 Å². The summed E-state index contributed by atoms with van der Waals surface area (Å²) in [6.45, 7) is 7.04. The Hall–Kier alpha value is -4.55. The third kappa shape index (κ3) is 7.16. The van der Waals surface area contributed by atoms with Crippen molar-refractivity contribution >= 4 is 45.8 Å². The number of hydrogen-bond donors (Lipinski definition) is 2. The second-order valence-electron chi connectivity index (χ2n) is 10.7. The molecule has 2 aromatic carbocycles. The van der Waals surface area contributed by atoms with Crippen molar-refractivity contribution in [1.82, 2.24) is 19.9 Å². The van der Waals surface area contributed by atoms with E-state index in [1.807, 2.05) is 57.2 Å². The van der Waals surface area contributed by atoms with Crippen LogP contribution in [0.15, 0.2) is 61.1 Å². The fourth-order valence-corrected chi connectivity index (χ4v) is 4.58. The van der Waals surface area contributed by atoms with Gasteiger partial charge in [0.1, 0.15) is 30.1 Å². The predicted molar refractivity (Wildman–Crippen MR) is 160 cm³/mol. The fraction of sp³-hybridized carbons (Fsp3) is 0.290. The number of anilines is 3. The molecular weight excluding hydrogens is 540 g/mol. The number of nitrogen functional groups attached to an aromatic ring is 1. The quantitative estimate of drug-likeness (QED) is 0.215. The van der Waals surface area contributed by atoms with Crippen molar-refractivity contribution in [3.63, 3.8) is 0 Å². The minimum absolute atomic E-state index is 0.0425. The Balaban J connectivity index is 1.28. The van der Waals surface area contributed by atoms with Crippen LogP contribution < -0.4 is 15.8 Å². The molecule has 1 aliphatic rings. The maximum absolute atomic E-state index is 12.4. The van der Waals surface area contributed by atoms with Crippen molar-refractivity contribution < 1.29 is 14.3 Å². The minimum atomic E-state index is -0.527. The van der Waals surface area contributed by atoms with Crippen LogP contribution in [0.1, 0.15) is 38.4 Å². The number of hydrogen-bond acceptors (Lipinski definition) is 8. The van der Waals surface area contributed by atoms with Gasteiger partial charge in [0.15, 0.2) is 0 Å². The van der Waals surface area contributed by atoms with Gasteiger partial charge in [-0.25, -0.2) is 14.8 Å². The molecule has 2 aromatic heterocycles. The maximum Gasteiger partial charge on any atom is 0.410 e. The smallest absolute Gasteiger partial charge is 0.410 e. The first-order valence-electron chi connectivity index (χ1n) is 13.3. The molecule has 0 aliphatic carbocycles. The van der Waals surface area contributed by atoms with Crippen LogP contribution in [0.3, 0.4) is 0 Å². The van der Waals surface area contributed by atoms with Crippen LogP contribution in [0.25, 0.3) is 10.9 Å². The number of ether oxygens (including phenoxy) is 2. The molecule has 41 heavy (non-hydrogen) atoms. The van der Waals surface area contributed by atoms with E-state index in [9.17, 15) is 4.79 Å². The molecule has 1 amide bonds. The van der Waals surface area contributed by atoms with Crippen LogP contribution in [0, 0.1) is 17.8 Å². The van der Waals surface area contributed by atoms with Crippen molar-refractivity contribution in [2.75, 3.05) is 24.1 Å². The van der Waals surface area contributed by atoms with Gasteiger partial charge in [-0.1, -0.05) is 29.5 Å². The number of nitrogens with zero attached hydrogens (tertiary/aromatic N) is 4. The molecule has 1 saturated heterocycles. The van der Waals surface area contributed by atoms with Gasteiger partial charge in [0.05, 0.1) is 16.2 Å². The highest BCUT2D eigenvalue weighted by atomic mass is 35.5. The van der Waals surface area contributed by atoms with Crippen molar-refractivity contribution in [1.29, 1.82) is 0 Å². The van der Waals surface area contributed by atoms with E-state index in [2.05, 4.69) is 32.1 Å². The van der Waals surface area contributed by atoms with Crippen LogP contribution in [0.2, 0.25) is 5.02 Å². The Morgan fingerprint density at radius 1 is 1.17 bits per heavy atom. The SMILES string of the molecule is CC(C)(C)OC(=O)N1CC[C@@H](C#Cc2cc3ncnc(Nc4ccc(OCc5ccccn5)c(Cl)c4)c3cc2N)C1. The molecule has 0 unspecified atom stereocenters. The summed E-state index contributed by atoms with van der Waals surface area (Å²) in [5, 5.41) is 4.51. The summed E-state index contributed by atoms with van der Waals surface area (Å²) in [4.78, 5) is 27.2. The summed E-state index contributed by atoms with van der Waals surface area (Å²) in [6, 6.07) is 14.8. The lowest BCUT2D eigenvalue weighted by molar-refractivity contribution is 0.0291. The molecule has 0 bridgehead atoms. The number of halogens is 1. The number of pyridine rings is 1. The van der Waals surface area contributed by atoms with Gasteiger partial charge in [-0.2, -0.15) is 0 Å². The van der Waals surface area contributed by atoms with E-state index in [1.54, 1.807) is 23.2 Å². The van der Waals surface area contributed by atoms with Crippen LogP contribution in [-0.2, 0) is 11.3 Å². The number of nitrogens with one attached hydrogen (secondary N) is 1. The van der Waals surface area contributed by atoms with Gasteiger partial charge >= 0.3 is 6.09 Å². The van der Waals surface area contributed by atoms with E-state index < -0.39 is 5.60 Å². The molecule has 0 spiro atoms. The summed E-state index contributed by atoms with van der Waals surface area (Å²) >= 11 is 6.49. The average Bonchev–Trinajstić information content (AvgIpc) is 3.41. The second kappa shape index (κ2) is 11.9. The number of carbonyl (C=O) groups excluding carboxylic acids is 1. The number of fused-ring (bicyclic) bond motifs is 1. The van der Waals surface area contributed by atoms with E-state index >= 15 is 0 Å². The summed E-state index contributed by atoms with van der Waals surface area (Å²) in [5.74, 6) is 7.64. The summed E-state index contributed by atoms with van der Waals surface area (Å²) in [6.07, 6.45) is 3.68. The number of amides is 1. The number of aromatic nitrogens is 3. The van der Waals surface area contributed by atoms with E-state index in [1.165, 1.54) is 6.33 Å². The zero-order valence-electron chi connectivity index (χ0n) is 23.1. The van der Waals surface area contributed by atoms with Gasteiger partial charge in [-0.3, -0.25) is 4.98 Å². The molecule has 1 aliphatic heterocycles. The lowest BCUT2D eigenvalue weighted by Gasteiger charge is -2.24. The van der Waals surface area contributed by atoms with Gasteiger partial charge < -0.3 is 25.4 Å². The third-order valence-corrected chi connectivity index (χ3v) is 6.65. The largest absolute Gasteiger partial charge is 0.486 e. The van der Waals surface area contributed by atoms with Crippen LogP contribution >= 0.6 is 11.6 Å². The molecule has 9 nitrogen and oxygen atoms in total. The predicted octanol–water partition coefficient (Wildman–Crippen LogP) is 6.19. The Morgan fingerprint density at radius 2 is 2.02 bits per heavy atom. The Labute approximate surface area is 244 Å². The molecule has 3 N–H and O–H groups in total. The Kier molecular flexibility index (Phi) is 8.13. The fourth-order valence-electron chi connectivity index (χ4n) is 4.35. The first-order valence-corrected chi connectivity index (χ1v) is 13.7. The molecule has 5 rings (SSSR count). The number of rotatable bonds is 5. The maximum atomic E-state index is 12.4. The van der Waals surface area contributed by atoms with Crippen molar-refractivity contribution in [2.24, 2.45) is 5.92 Å². The molecular formula is C31H31ClN6O3. The molecule has 210 valence electrons. The lowest BCUT2D eigenvalue weighted by Crippen LogP contribution is -2.35. The van der Waals surface area contributed by atoms with E-state index in [4.69, 9.17) is 26.8 Å². The Morgan fingerprint density at radius 3 is 2.78 bits per heavy atom. The first kappa shape index (κ1) is 28.0. The first-order chi connectivity index (χ1) is 19.6. The summed E-state index contributed by atoms with van der Waals surface area (Å²) < 4.78 is 11.3.